The molecule has 2 unspecified atom stereocenters. The van der Waals surface area contributed by atoms with E-state index in [1.54, 1.807) is 0 Å². The van der Waals surface area contributed by atoms with E-state index < -0.39 is 26.5 Å². The van der Waals surface area contributed by atoms with E-state index in [9.17, 15) is 24.2 Å². The average Bonchev–Trinajstić information content (AvgIpc) is 3.26. The van der Waals surface area contributed by atoms with Crippen molar-refractivity contribution < 1.29 is 37.9 Å². The lowest BCUT2D eigenvalue weighted by molar-refractivity contribution is -0.147. The van der Waals surface area contributed by atoms with E-state index in [-0.39, 0.29) is 32.1 Å². The molecule has 0 aliphatic rings. The third-order valence-corrected chi connectivity index (χ3v) is 12.6. The Kier molecular flexibility index (Phi) is 47.7. The van der Waals surface area contributed by atoms with Gasteiger partial charge in [0.25, 0.3) is 0 Å². The number of hydrogen-bond acceptors (Lipinski definition) is 7. The monoisotopic (exact) mass is 898 g/mol. The predicted molar refractivity (Wildman–Crippen MR) is 261 cm³/mol. The number of ether oxygens (including phenoxy) is 1. The SMILES string of the molecule is CCCCCCCC/C=C/CCCCCCCCCCCCCCCC(=O)OCC(O)COP(=O)(O)OCCNC(=O)CCCCCCCCC/C=C\CCCCCCCCC. The van der Waals surface area contributed by atoms with Gasteiger partial charge in [-0.1, -0.05) is 212 Å². The highest BCUT2D eigenvalue weighted by Gasteiger charge is 2.23. The number of carbonyl (C=O) groups excluding carboxylic acids is 2. The minimum absolute atomic E-state index is 0.0819. The number of carbonyl (C=O) groups is 2. The summed E-state index contributed by atoms with van der Waals surface area (Å²) in [5, 5.41) is 12.8. The van der Waals surface area contributed by atoms with E-state index >= 15 is 0 Å². The molecule has 0 spiro atoms. The topological polar surface area (TPSA) is 131 Å². The summed E-state index contributed by atoms with van der Waals surface area (Å²) in [6, 6.07) is 0. The zero-order valence-electron chi connectivity index (χ0n) is 40.6. The first-order chi connectivity index (χ1) is 30.3. The summed E-state index contributed by atoms with van der Waals surface area (Å²) in [5.74, 6) is -0.511. The van der Waals surface area contributed by atoms with E-state index in [1.807, 2.05) is 0 Å². The van der Waals surface area contributed by atoms with Gasteiger partial charge in [0.1, 0.15) is 12.7 Å². The predicted octanol–water partition coefficient (Wildman–Crippen LogP) is 15.5. The molecule has 2 atom stereocenters. The molecule has 0 heterocycles. The normalized spacial score (nSPS) is 13.3. The highest BCUT2D eigenvalue weighted by molar-refractivity contribution is 7.47. The van der Waals surface area contributed by atoms with Crippen molar-refractivity contribution in [2.75, 3.05) is 26.4 Å². The summed E-state index contributed by atoms with van der Waals surface area (Å²) < 4.78 is 27.0. The second-order valence-corrected chi connectivity index (χ2v) is 19.3. The fourth-order valence-corrected chi connectivity index (χ4v) is 8.36. The zero-order chi connectivity index (χ0) is 45.3. The Morgan fingerprint density at radius 1 is 0.484 bits per heavy atom. The zero-order valence-corrected chi connectivity index (χ0v) is 41.5. The quantitative estimate of drug-likeness (QED) is 0.0238. The fourth-order valence-electron chi connectivity index (χ4n) is 7.61. The Morgan fingerprint density at radius 3 is 1.21 bits per heavy atom. The van der Waals surface area contributed by atoms with Gasteiger partial charge in [-0.15, -0.1) is 0 Å². The van der Waals surface area contributed by atoms with Crippen LogP contribution < -0.4 is 5.32 Å². The van der Waals surface area contributed by atoms with Gasteiger partial charge < -0.3 is 20.1 Å². The number of amides is 1. The minimum atomic E-state index is -4.42. The van der Waals surface area contributed by atoms with Crippen molar-refractivity contribution >= 4 is 19.7 Å². The van der Waals surface area contributed by atoms with Crippen LogP contribution in [-0.2, 0) is 27.9 Å². The molecule has 0 radical (unpaired) electrons. The van der Waals surface area contributed by atoms with Crippen LogP contribution in [0, 0.1) is 0 Å². The van der Waals surface area contributed by atoms with Gasteiger partial charge in [0.15, 0.2) is 0 Å². The van der Waals surface area contributed by atoms with Gasteiger partial charge in [0.05, 0.1) is 13.2 Å². The largest absolute Gasteiger partial charge is 0.472 e. The van der Waals surface area contributed by atoms with Crippen molar-refractivity contribution in [2.45, 2.75) is 270 Å². The van der Waals surface area contributed by atoms with Crippen LogP contribution in [0.4, 0.5) is 0 Å². The van der Waals surface area contributed by atoms with Gasteiger partial charge in [-0.05, 0) is 64.2 Å². The summed E-state index contributed by atoms with van der Waals surface area (Å²) in [6.07, 6.45) is 55.5. The van der Waals surface area contributed by atoms with Crippen molar-refractivity contribution in [1.29, 1.82) is 0 Å². The van der Waals surface area contributed by atoms with Gasteiger partial charge in [-0.3, -0.25) is 18.6 Å². The lowest BCUT2D eigenvalue weighted by atomic mass is 10.0. The van der Waals surface area contributed by atoms with Crippen LogP contribution in [0.3, 0.4) is 0 Å². The van der Waals surface area contributed by atoms with Crippen LogP contribution in [0.5, 0.6) is 0 Å². The summed E-state index contributed by atoms with van der Waals surface area (Å²) in [6.45, 7) is 3.59. The first-order valence-electron chi connectivity index (χ1n) is 26.3. The lowest BCUT2D eigenvalue weighted by Crippen LogP contribution is -2.27. The number of unbranched alkanes of at least 4 members (excludes halogenated alkanes) is 33. The highest BCUT2D eigenvalue weighted by atomic mass is 31.2. The van der Waals surface area contributed by atoms with Gasteiger partial charge in [-0.2, -0.15) is 0 Å². The number of aliphatic hydroxyl groups is 1. The Labute approximate surface area is 382 Å². The maximum atomic E-state index is 12.1. The number of phosphoric acid groups is 1. The molecular weight excluding hydrogens is 798 g/mol. The first-order valence-corrected chi connectivity index (χ1v) is 27.8. The molecule has 0 saturated carbocycles. The van der Waals surface area contributed by atoms with Crippen molar-refractivity contribution in [3.05, 3.63) is 24.3 Å². The van der Waals surface area contributed by atoms with Gasteiger partial charge >= 0.3 is 13.8 Å². The summed E-state index contributed by atoms with van der Waals surface area (Å²) in [7, 11) is -4.42. The molecule has 0 aromatic carbocycles. The third kappa shape index (κ3) is 49.5. The van der Waals surface area contributed by atoms with Crippen molar-refractivity contribution in [3.8, 4) is 0 Å². The Bertz CT molecular complexity index is 1070. The van der Waals surface area contributed by atoms with E-state index in [0.29, 0.717) is 6.42 Å². The molecule has 0 saturated heterocycles. The number of phosphoric ester groups is 1. The van der Waals surface area contributed by atoms with Crippen molar-refractivity contribution in [3.63, 3.8) is 0 Å². The second-order valence-electron chi connectivity index (χ2n) is 17.8. The van der Waals surface area contributed by atoms with Crippen LogP contribution in [-0.4, -0.2) is 54.3 Å². The van der Waals surface area contributed by atoms with E-state index in [1.165, 1.54) is 199 Å². The van der Waals surface area contributed by atoms with Gasteiger partial charge in [-0.25, -0.2) is 4.57 Å². The van der Waals surface area contributed by atoms with Gasteiger partial charge in [0, 0.05) is 19.4 Å². The molecule has 0 rings (SSSR count). The van der Waals surface area contributed by atoms with Crippen LogP contribution in [0.25, 0.3) is 0 Å². The molecule has 9 nitrogen and oxygen atoms in total. The third-order valence-electron chi connectivity index (χ3n) is 11.6. The number of aliphatic hydroxyl groups excluding tert-OH is 1. The molecule has 0 aromatic rings. The smallest absolute Gasteiger partial charge is 0.463 e. The average molecular weight is 898 g/mol. The highest BCUT2D eigenvalue weighted by Crippen LogP contribution is 2.42. The summed E-state index contributed by atoms with van der Waals surface area (Å²) in [5.41, 5.74) is 0. The molecule has 0 aromatic heterocycles. The number of esters is 1. The van der Waals surface area contributed by atoms with E-state index in [2.05, 4.69) is 43.5 Å². The van der Waals surface area contributed by atoms with E-state index in [4.69, 9.17) is 13.8 Å². The van der Waals surface area contributed by atoms with Crippen LogP contribution in [0.1, 0.15) is 264 Å². The van der Waals surface area contributed by atoms with Crippen LogP contribution in [0.2, 0.25) is 0 Å². The summed E-state index contributed by atoms with van der Waals surface area (Å²) >= 11 is 0. The number of nitrogens with one attached hydrogen (secondary N) is 1. The molecule has 0 aliphatic heterocycles. The molecule has 10 heteroatoms. The number of hydrogen-bond donors (Lipinski definition) is 3. The molecule has 3 N–H and O–H groups in total. The lowest BCUT2D eigenvalue weighted by Gasteiger charge is -2.15. The van der Waals surface area contributed by atoms with Crippen LogP contribution >= 0.6 is 7.82 Å². The number of rotatable bonds is 50. The fraction of sp³-hybridized carbons (Fsp3) is 0.885. The molecular formula is C52H100NO8P. The maximum absolute atomic E-state index is 12.1. The minimum Gasteiger partial charge on any atom is -0.463 e. The molecule has 366 valence electrons. The Balaban J connectivity index is 3.53. The first kappa shape index (κ1) is 60.5. The molecule has 0 aliphatic carbocycles. The molecule has 0 bridgehead atoms. The van der Waals surface area contributed by atoms with Crippen molar-refractivity contribution in [2.24, 2.45) is 0 Å². The Morgan fingerprint density at radius 2 is 0.823 bits per heavy atom. The molecule has 1 amide bonds. The van der Waals surface area contributed by atoms with E-state index in [0.717, 1.165) is 38.5 Å². The van der Waals surface area contributed by atoms with Crippen LogP contribution in [0.15, 0.2) is 24.3 Å². The number of allylic oxidation sites excluding steroid dienone is 4. The van der Waals surface area contributed by atoms with Crippen molar-refractivity contribution in [1.82, 2.24) is 5.32 Å². The standard InChI is InChI=1S/C52H100NO8P/c1-3-5-7-9-11-13-15-17-19-21-23-24-25-26-27-29-31-33-35-37-39-41-43-45-52(56)59-48-50(54)49-61-62(57,58)60-47-46-53-51(55)44-42-40-38-36-34-32-30-28-22-20-18-16-14-12-10-8-6-4-2/h17,19-20,22,50,54H,3-16,18,21,23-49H2,1-2H3,(H,53,55)(H,57,58)/b19-17+,22-20-. The maximum Gasteiger partial charge on any atom is 0.472 e. The Hall–Kier alpha value is -1.51. The van der Waals surface area contributed by atoms with Gasteiger partial charge in [0.2, 0.25) is 5.91 Å². The second kappa shape index (κ2) is 48.9. The summed E-state index contributed by atoms with van der Waals surface area (Å²) in [4.78, 5) is 34.1. The molecule has 62 heavy (non-hydrogen) atoms. The molecule has 0 fully saturated rings.